The van der Waals surface area contributed by atoms with E-state index in [4.69, 9.17) is 10.4 Å². The highest BCUT2D eigenvalue weighted by Gasteiger charge is 2.34. The first kappa shape index (κ1) is 13.3. The maximum Gasteiger partial charge on any atom is 0.329 e. The molecule has 20 heavy (non-hydrogen) atoms. The molecule has 1 saturated heterocycles. The highest BCUT2D eigenvalue weighted by molar-refractivity contribution is 6.15. The first-order chi connectivity index (χ1) is 9.51. The van der Waals surface area contributed by atoms with Crippen LogP contribution in [0.5, 0.6) is 0 Å². The summed E-state index contributed by atoms with van der Waals surface area (Å²) < 4.78 is 0. The zero-order chi connectivity index (χ0) is 14.7. The normalized spacial score (nSPS) is 16.1. The maximum atomic E-state index is 11.8. The number of hydrogen-bond acceptors (Lipinski definition) is 4. The maximum absolute atomic E-state index is 11.8. The third kappa shape index (κ3) is 2.64. The van der Waals surface area contributed by atoms with Crippen LogP contribution in [-0.2, 0) is 9.59 Å². The molecule has 2 N–H and O–H groups in total. The molecular formula is C13H9N3O4. The van der Waals surface area contributed by atoms with Crippen LogP contribution in [0.15, 0.2) is 30.0 Å². The molecule has 0 aromatic heterocycles. The van der Waals surface area contributed by atoms with E-state index in [2.05, 4.69) is 5.32 Å². The average Bonchev–Trinajstić information content (AvgIpc) is 2.67. The Morgan fingerprint density at radius 1 is 1.35 bits per heavy atom. The molecule has 0 radical (unpaired) electrons. The van der Waals surface area contributed by atoms with Crippen molar-refractivity contribution in [1.82, 2.24) is 10.2 Å². The van der Waals surface area contributed by atoms with Crippen LogP contribution >= 0.6 is 0 Å². The fourth-order valence-corrected chi connectivity index (χ4v) is 1.67. The Bertz CT molecular complexity index is 655. The fraction of sp³-hybridized carbons (Fsp3) is 0.0769. The SMILES string of the molecule is N#Cc1ccc(/C=C2\NC(=O)N(CC(=O)O)C2=O)cc1. The topological polar surface area (TPSA) is 110 Å². The van der Waals surface area contributed by atoms with E-state index < -0.39 is 24.5 Å². The monoisotopic (exact) mass is 271 g/mol. The van der Waals surface area contributed by atoms with Gasteiger partial charge in [0.05, 0.1) is 11.6 Å². The molecule has 0 spiro atoms. The molecule has 1 aliphatic rings. The molecule has 1 aliphatic heterocycles. The van der Waals surface area contributed by atoms with E-state index in [0.717, 1.165) is 0 Å². The number of urea groups is 1. The van der Waals surface area contributed by atoms with E-state index in [1.165, 1.54) is 6.08 Å². The fourth-order valence-electron chi connectivity index (χ4n) is 1.67. The molecule has 1 aromatic rings. The van der Waals surface area contributed by atoms with E-state index in [1.807, 2.05) is 6.07 Å². The summed E-state index contributed by atoms with van der Waals surface area (Å²) in [6, 6.07) is 7.57. The lowest BCUT2D eigenvalue weighted by Crippen LogP contribution is -2.35. The van der Waals surface area contributed by atoms with Gasteiger partial charge in [0.2, 0.25) is 0 Å². The second kappa shape index (κ2) is 5.24. The molecule has 0 aliphatic carbocycles. The van der Waals surface area contributed by atoms with Crippen LogP contribution in [0.25, 0.3) is 6.08 Å². The van der Waals surface area contributed by atoms with Gasteiger partial charge in [-0.05, 0) is 23.8 Å². The molecule has 3 amide bonds. The Morgan fingerprint density at radius 3 is 2.55 bits per heavy atom. The van der Waals surface area contributed by atoms with Gasteiger partial charge >= 0.3 is 12.0 Å². The summed E-state index contributed by atoms with van der Waals surface area (Å²) in [6.07, 6.45) is 1.42. The third-order valence-electron chi connectivity index (χ3n) is 2.61. The number of benzene rings is 1. The Labute approximate surface area is 113 Å². The molecule has 0 atom stereocenters. The van der Waals surface area contributed by atoms with Gasteiger partial charge in [-0.3, -0.25) is 9.59 Å². The van der Waals surface area contributed by atoms with Gasteiger partial charge in [-0.1, -0.05) is 12.1 Å². The number of carbonyl (C=O) groups is 3. The van der Waals surface area contributed by atoms with Crippen LogP contribution in [0.4, 0.5) is 4.79 Å². The van der Waals surface area contributed by atoms with Crippen molar-refractivity contribution in [3.05, 3.63) is 41.1 Å². The molecule has 0 bridgehead atoms. The molecule has 0 unspecified atom stereocenters. The number of carboxylic acids is 1. The molecule has 100 valence electrons. The van der Waals surface area contributed by atoms with Gasteiger partial charge in [0.1, 0.15) is 12.2 Å². The molecular weight excluding hydrogens is 262 g/mol. The van der Waals surface area contributed by atoms with Gasteiger partial charge < -0.3 is 10.4 Å². The van der Waals surface area contributed by atoms with Crippen LogP contribution in [0, 0.1) is 11.3 Å². The van der Waals surface area contributed by atoms with E-state index in [1.54, 1.807) is 24.3 Å². The van der Waals surface area contributed by atoms with Crippen LogP contribution in [-0.4, -0.2) is 34.5 Å². The van der Waals surface area contributed by atoms with Gasteiger partial charge in [-0.25, -0.2) is 9.69 Å². The summed E-state index contributed by atoms with van der Waals surface area (Å²) in [5.41, 5.74) is 1.09. The molecule has 1 fully saturated rings. The number of amides is 3. The Kier molecular flexibility index (Phi) is 3.48. The lowest BCUT2D eigenvalue weighted by Gasteiger charge is -2.06. The number of carbonyl (C=O) groups excluding carboxylic acids is 2. The number of nitrogens with one attached hydrogen (secondary N) is 1. The molecule has 0 saturated carbocycles. The van der Waals surface area contributed by atoms with E-state index in [-0.39, 0.29) is 5.70 Å². The predicted molar refractivity (Wildman–Crippen MR) is 67.0 cm³/mol. The summed E-state index contributed by atoms with van der Waals surface area (Å²) in [4.78, 5) is 34.5. The van der Waals surface area contributed by atoms with Gasteiger partial charge in [-0.2, -0.15) is 5.26 Å². The largest absolute Gasteiger partial charge is 0.480 e. The number of hydrogen-bond donors (Lipinski definition) is 2. The number of nitrogens with zero attached hydrogens (tertiary/aromatic N) is 2. The first-order valence-electron chi connectivity index (χ1n) is 5.58. The second-order valence-electron chi connectivity index (χ2n) is 4.01. The highest BCUT2D eigenvalue weighted by Crippen LogP contribution is 2.14. The minimum atomic E-state index is -1.27. The zero-order valence-electron chi connectivity index (χ0n) is 10.2. The van der Waals surface area contributed by atoms with Gasteiger partial charge in [-0.15, -0.1) is 0 Å². The van der Waals surface area contributed by atoms with Crippen molar-refractivity contribution < 1.29 is 19.5 Å². The minimum absolute atomic E-state index is 0.000887. The zero-order valence-corrected chi connectivity index (χ0v) is 10.2. The van der Waals surface area contributed by atoms with Gasteiger partial charge in [0.15, 0.2) is 0 Å². The van der Waals surface area contributed by atoms with Crippen LogP contribution in [0.3, 0.4) is 0 Å². The predicted octanol–water partition coefficient (Wildman–Crippen LogP) is 0.536. The highest BCUT2D eigenvalue weighted by atomic mass is 16.4. The average molecular weight is 271 g/mol. The van der Waals surface area contributed by atoms with Crippen molar-refractivity contribution in [1.29, 1.82) is 5.26 Å². The molecule has 1 heterocycles. The van der Waals surface area contributed by atoms with Crippen molar-refractivity contribution in [3.63, 3.8) is 0 Å². The van der Waals surface area contributed by atoms with Crippen LogP contribution in [0.1, 0.15) is 11.1 Å². The van der Waals surface area contributed by atoms with Crippen molar-refractivity contribution in [3.8, 4) is 6.07 Å². The lowest BCUT2D eigenvalue weighted by molar-refractivity contribution is -0.140. The van der Waals surface area contributed by atoms with Gasteiger partial charge in [0.25, 0.3) is 5.91 Å². The second-order valence-corrected chi connectivity index (χ2v) is 4.01. The molecule has 7 heteroatoms. The van der Waals surface area contributed by atoms with Crippen molar-refractivity contribution in [2.75, 3.05) is 6.54 Å². The minimum Gasteiger partial charge on any atom is -0.480 e. The number of imide groups is 1. The molecule has 2 rings (SSSR count). The van der Waals surface area contributed by atoms with E-state index in [0.29, 0.717) is 16.0 Å². The first-order valence-corrected chi connectivity index (χ1v) is 5.58. The van der Waals surface area contributed by atoms with Crippen molar-refractivity contribution in [2.45, 2.75) is 0 Å². The quantitative estimate of drug-likeness (QED) is 0.615. The Hall–Kier alpha value is -3.14. The van der Waals surface area contributed by atoms with Gasteiger partial charge in [0, 0.05) is 0 Å². The van der Waals surface area contributed by atoms with Crippen molar-refractivity contribution in [2.24, 2.45) is 0 Å². The van der Waals surface area contributed by atoms with Crippen LogP contribution in [0.2, 0.25) is 0 Å². The lowest BCUT2D eigenvalue weighted by atomic mass is 10.1. The summed E-state index contributed by atoms with van der Waals surface area (Å²) in [6.45, 7) is -0.685. The Balaban J connectivity index is 2.23. The summed E-state index contributed by atoms with van der Waals surface area (Å²) in [7, 11) is 0. The third-order valence-corrected chi connectivity index (χ3v) is 2.61. The summed E-state index contributed by atoms with van der Waals surface area (Å²) in [5.74, 6) is -1.96. The summed E-state index contributed by atoms with van der Waals surface area (Å²) in [5, 5.41) is 19.6. The van der Waals surface area contributed by atoms with Crippen molar-refractivity contribution >= 4 is 24.0 Å². The smallest absolute Gasteiger partial charge is 0.329 e. The number of rotatable bonds is 3. The molecule has 1 aromatic carbocycles. The van der Waals surface area contributed by atoms with E-state index in [9.17, 15) is 14.4 Å². The summed E-state index contributed by atoms with van der Waals surface area (Å²) >= 11 is 0. The Morgan fingerprint density at radius 2 is 2.00 bits per heavy atom. The number of nitriles is 1. The standard InChI is InChI=1S/C13H9N3O4/c14-6-9-3-1-8(2-4-9)5-10-12(19)16(7-11(17)18)13(20)15-10/h1-5H,7H2,(H,15,20)(H,17,18)/b10-5-. The van der Waals surface area contributed by atoms with E-state index >= 15 is 0 Å². The number of aliphatic carboxylic acids is 1. The van der Waals surface area contributed by atoms with Crippen LogP contribution < -0.4 is 5.32 Å². The molecule has 7 nitrogen and oxygen atoms in total. The number of carboxylic acid groups (broad SMARTS) is 1.